The number of nitro groups is 1. The number of alkyl halides is 1. The fourth-order valence-electron chi connectivity index (χ4n) is 0.952. The molecular formula is C9H5ClN2O3. The third-order valence-electron chi connectivity index (χ3n) is 1.71. The second-order valence-corrected chi connectivity index (χ2v) is 3.10. The lowest BCUT2D eigenvalue weighted by Gasteiger charge is -1.99. The number of carbonyl (C=O) groups excluding carboxylic acids is 1. The Bertz CT molecular complexity index is 436. The van der Waals surface area contributed by atoms with Crippen LogP contribution in [0.25, 0.3) is 0 Å². The molecule has 1 rings (SSSR count). The Morgan fingerprint density at radius 2 is 2.00 bits per heavy atom. The highest BCUT2D eigenvalue weighted by Gasteiger charge is 2.17. The van der Waals surface area contributed by atoms with Crippen LogP contribution in [-0.2, 0) is 0 Å². The summed E-state index contributed by atoms with van der Waals surface area (Å²) in [5.74, 6) is -0.561. The lowest BCUT2D eigenvalue weighted by molar-refractivity contribution is -0.384. The van der Waals surface area contributed by atoms with Gasteiger partial charge in [-0.05, 0) is 12.1 Å². The van der Waals surface area contributed by atoms with Crippen LogP contribution >= 0.6 is 11.6 Å². The number of halogens is 1. The summed E-state index contributed by atoms with van der Waals surface area (Å²) in [4.78, 5) is 21.1. The topological polar surface area (TPSA) is 84.0 Å². The molecule has 0 saturated heterocycles. The van der Waals surface area contributed by atoms with Crippen molar-refractivity contribution in [2.24, 2.45) is 0 Å². The van der Waals surface area contributed by atoms with E-state index in [1.807, 2.05) is 0 Å². The second-order valence-electron chi connectivity index (χ2n) is 2.66. The highest BCUT2D eigenvalue weighted by Crippen LogP contribution is 2.14. The lowest BCUT2D eigenvalue weighted by atomic mass is 10.1. The van der Waals surface area contributed by atoms with E-state index in [1.165, 1.54) is 24.3 Å². The highest BCUT2D eigenvalue weighted by molar-refractivity contribution is 6.35. The summed E-state index contributed by atoms with van der Waals surface area (Å²) in [7, 11) is 0. The predicted molar refractivity (Wildman–Crippen MR) is 52.7 cm³/mol. The Hall–Kier alpha value is -1.93. The number of ketones is 1. The molecule has 0 radical (unpaired) electrons. The first-order valence-electron chi connectivity index (χ1n) is 3.88. The average molecular weight is 225 g/mol. The number of rotatable bonds is 3. The molecule has 1 atom stereocenters. The molecule has 76 valence electrons. The van der Waals surface area contributed by atoms with Crippen molar-refractivity contribution >= 4 is 23.1 Å². The van der Waals surface area contributed by atoms with Crippen molar-refractivity contribution in [1.29, 1.82) is 5.26 Å². The summed E-state index contributed by atoms with van der Waals surface area (Å²) in [5.41, 5.74) is 0.0665. The van der Waals surface area contributed by atoms with Crippen LogP contribution in [0.3, 0.4) is 0 Å². The number of Topliss-reactive ketones (excluding diaryl/α,β-unsaturated/α-hetero) is 1. The minimum Gasteiger partial charge on any atom is -0.291 e. The molecule has 0 aliphatic heterocycles. The number of nitriles is 1. The van der Waals surface area contributed by atoms with Gasteiger partial charge in [-0.3, -0.25) is 14.9 Å². The smallest absolute Gasteiger partial charge is 0.269 e. The van der Waals surface area contributed by atoms with Crippen molar-refractivity contribution in [3.8, 4) is 6.07 Å². The predicted octanol–water partition coefficient (Wildman–Crippen LogP) is 1.91. The number of non-ortho nitro benzene ring substituents is 1. The molecule has 0 N–H and O–H groups in total. The molecule has 0 saturated carbocycles. The molecular weight excluding hydrogens is 220 g/mol. The van der Waals surface area contributed by atoms with Gasteiger partial charge < -0.3 is 0 Å². The first-order chi connectivity index (χ1) is 7.06. The summed E-state index contributed by atoms with van der Waals surface area (Å²) < 4.78 is 0. The van der Waals surface area contributed by atoms with Gasteiger partial charge in [-0.15, -0.1) is 0 Å². The molecule has 6 heteroatoms. The molecule has 0 aromatic heterocycles. The Kier molecular flexibility index (Phi) is 3.37. The molecule has 1 unspecified atom stereocenters. The summed E-state index contributed by atoms with van der Waals surface area (Å²) in [5, 5.41) is 17.5. The summed E-state index contributed by atoms with van der Waals surface area (Å²) in [6.45, 7) is 0. The van der Waals surface area contributed by atoms with Crippen molar-refractivity contribution in [2.45, 2.75) is 5.38 Å². The number of hydrogen-bond donors (Lipinski definition) is 0. The average Bonchev–Trinajstić information content (AvgIpc) is 2.27. The summed E-state index contributed by atoms with van der Waals surface area (Å²) in [6, 6.07) is 6.50. The third kappa shape index (κ3) is 2.51. The zero-order valence-electron chi connectivity index (χ0n) is 7.38. The van der Waals surface area contributed by atoms with Gasteiger partial charge >= 0.3 is 0 Å². The van der Waals surface area contributed by atoms with Gasteiger partial charge in [-0.2, -0.15) is 5.26 Å². The Labute approximate surface area is 90.0 Å². The fourth-order valence-corrected chi connectivity index (χ4v) is 1.08. The number of nitrogens with zero attached hydrogens (tertiary/aromatic N) is 2. The van der Waals surface area contributed by atoms with Gasteiger partial charge in [0.25, 0.3) is 5.69 Å². The van der Waals surface area contributed by atoms with Gasteiger partial charge in [0.05, 0.1) is 11.0 Å². The minimum atomic E-state index is -1.26. The van der Waals surface area contributed by atoms with Crippen LogP contribution in [0, 0.1) is 21.4 Å². The highest BCUT2D eigenvalue weighted by atomic mass is 35.5. The largest absolute Gasteiger partial charge is 0.291 e. The molecule has 1 aromatic rings. The Morgan fingerprint density at radius 3 is 2.40 bits per heavy atom. The van der Waals surface area contributed by atoms with Crippen LogP contribution in [0.4, 0.5) is 5.69 Å². The van der Waals surface area contributed by atoms with Crippen LogP contribution in [-0.4, -0.2) is 16.1 Å². The number of nitro benzene ring substituents is 1. The van der Waals surface area contributed by atoms with E-state index in [-0.39, 0.29) is 11.3 Å². The van der Waals surface area contributed by atoms with Crippen molar-refractivity contribution in [3.05, 3.63) is 39.9 Å². The number of carbonyl (C=O) groups is 1. The fraction of sp³-hybridized carbons (Fsp3) is 0.111. The van der Waals surface area contributed by atoms with Gasteiger partial charge in [-0.25, -0.2) is 0 Å². The lowest BCUT2D eigenvalue weighted by Crippen LogP contribution is -2.12. The minimum absolute atomic E-state index is 0.116. The van der Waals surface area contributed by atoms with Crippen LogP contribution in [0.5, 0.6) is 0 Å². The van der Waals surface area contributed by atoms with Gasteiger partial charge in [0, 0.05) is 17.7 Å². The maximum Gasteiger partial charge on any atom is 0.269 e. The zero-order chi connectivity index (χ0) is 11.4. The third-order valence-corrected chi connectivity index (χ3v) is 2.00. The van der Waals surface area contributed by atoms with E-state index in [4.69, 9.17) is 16.9 Å². The molecule has 15 heavy (non-hydrogen) atoms. The molecule has 1 aromatic carbocycles. The van der Waals surface area contributed by atoms with E-state index in [0.29, 0.717) is 0 Å². The maximum atomic E-state index is 11.3. The van der Waals surface area contributed by atoms with Crippen LogP contribution in [0.2, 0.25) is 0 Å². The molecule has 0 aliphatic carbocycles. The van der Waals surface area contributed by atoms with E-state index in [0.717, 1.165) is 0 Å². The van der Waals surface area contributed by atoms with E-state index < -0.39 is 16.1 Å². The van der Waals surface area contributed by atoms with Crippen molar-refractivity contribution in [1.82, 2.24) is 0 Å². The van der Waals surface area contributed by atoms with Crippen LogP contribution in [0.1, 0.15) is 10.4 Å². The SMILES string of the molecule is N#CC(Cl)C(=O)c1ccc([N+](=O)[O-])cc1. The molecule has 0 amide bonds. The molecule has 0 fully saturated rings. The molecule has 0 bridgehead atoms. The number of hydrogen-bond acceptors (Lipinski definition) is 4. The van der Waals surface area contributed by atoms with Gasteiger partial charge in [0.15, 0.2) is 11.2 Å². The molecule has 5 nitrogen and oxygen atoms in total. The van der Waals surface area contributed by atoms with E-state index in [2.05, 4.69) is 0 Å². The van der Waals surface area contributed by atoms with E-state index >= 15 is 0 Å². The van der Waals surface area contributed by atoms with Gasteiger partial charge in [-0.1, -0.05) is 11.6 Å². The van der Waals surface area contributed by atoms with Crippen LogP contribution in [0.15, 0.2) is 24.3 Å². The van der Waals surface area contributed by atoms with Crippen molar-refractivity contribution in [2.75, 3.05) is 0 Å². The van der Waals surface area contributed by atoms with E-state index in [1.54, 1.807) is 6.07 Å². The Morgan fingerprint density at radius 1 is 1.47 bits per heavy atom. The molecule has 0 heterocycles. The van der Waals surface area contributed by atoms with Crippen LogP contribution < -0.4 is 0 Å². The van der Waals surface area contributed by atoms with Crippen molar-refractivity contribution in [3.63, 3.8) is 0 Å². The maximum absolute atomic E-state index is 11.3. The van der Waals surface area contributed by atoms with Gasteiger partial charge in [0.2, 0.25) is 0 Å². The number of benzene rings is 1. The standard InChI is InChI=1S/C9H5ClN2O3/c10-8(5-11)9(13)6-1-3-7(4-2-6)12(14)15/h1-4,8H. The monoisotopic (exact) mass is 224 g/mol. The van der Waals surface area contributed by atoms with Gasteiger partial charge in [0.1, 0.15) is 0 Å². The first kappa shape index (κ1) is 11.1. The quantitative estimate of drug-likeness (QED) is 0.340. The normalized spacial score (nSPS) is 11.5. The van der Waals surface area contributed by atoms with E-state index in [9.17, 15) is 14.9 Å². The second kappa shape index (κ2) is 4.53. The molecule has 0 spiro atoms. The molecule has 0 aliphatic rings. The van der Waals surface area contributed by atoms with Crippen molar-refractivity contribution < 1.29 is 9.72 Å². The summed E-state index contributed by atoms with van der Waals surface area (Å²) in [6.07, 6.45) is 0. The Balaban J connectivity index is 2.95. The zero-order valence-corrected chi connectivity index (χ0v) is 8.14. The summed E-state index contributed by atoms with van der Waals surface area (Å²) >= 11 is 5.41. The first-order valence-corrected chi connectivity index (χ1v) is 4.32.